The lowest BCUT2D eigenvalue weighted by Gasteiger charge is -2.19. The standard InChI is InChI=1S/C56H52N2O11/c1-2-33-57-52(60)49(35-42-27-30-47(31-28-42)69-51(55(63)67-38-45-19-11-5-12-20-45)56(64)68-39-46-21-13-6-14-22-46)58-50(59)32-29-40-23-25-41(26-24-40)34-48(53(61)65-36-43-15-7-3-8-16-43)54(62)66-37-44-17-9-4-10-18-44/h3-32,34,49,51H,2,33,35-39H2,1H3,(H,57,60)(H,58,59)/b32-29+/t49-/m0/s1. The number of rotatable bonds is 23. The average Bonchev–Trinajstić information content (AvgIpc) is 3.39. The third-order valence-electron chi connectivity index (χ3n) is 10.2. The lowest BCUT2D eigenvalue weighted by Crippen LogP contribution is -2.47. The van der Waals surface area contributed by atoms with Crippen LogP contribution in [0.25, 0.3) is 12.2 Å². The molecule has 6 aromatic carbocycles. The third-order valence-corrected chi connectivity index (χ3v) is 10.2. The molecular formula is C56H52N2O11. The Hall–Kier alpha value is -8.58. The molecule has 0 aliphatic rings. The molecule has 13 nitrogen and oxygen atoms in total. The normalized spacial score (nSPS) is 11.2. The first kappa shape index (κ1) is 49.8. The highest BCUT2D eigenvalue weighted by molar-refractivity contribution is 6.17. The maximum Gasteiger partial charge on any atom is 0.359 e. The van der Waals surface area contributed by atoms with Crippen molar-refractivity contribution in [3.63, 3.8) is 0 Å². The van der Waals surface area contributed by atoms with E-state index in [9.17, 15) is 28.8 Å². The molecule has 0 radical (unpaired) electrons. The Morgan fingerprint density at radius 2 is 0.942 bits per heavy atom. The van der Waals surface area contributed by atoms with Gasteiger partial charge in [-0.05, 0) is 69.6 Å². The molecule has 6 rings (SSSR count). The summed E-state index contributed by atoms with van der Waals surface area (Å²) in [5.74, 6) is -4.31. The molecule has 0 heterocycles. The van der Waals surface area contributed by atoms with Crippen LogP contribution in [0.15, 0.2) is 182 Å². The minimum atomic E-state index is -1.73. The van der Waals surface area contributed by atoms with Crippen LogP contribution in [0.4, 0.5) is 0 Å². The number of carbonyl (C=O) groups excluding carboxylic acids is 6. The monoisotopic (exact) mass is 928 g/mol. The first-order valence-electron chi connectivity index (χ1n) is 22.3. The average molecular weight is 929 g/mol. The number of carbonyl (C=O) groups is 6. The van der Waals surface area contributed by atoms with Gasteiger partial charge in [-0.25, -0.2) is 19.2 Å². The van der Waals surface area contributed by atoms with Gasteiger partial charge in [-0.3, -0.25) is 9.59 Å². The predicted molar refractivity (Wildman–Crippen MR) is 258 cm³/mol. The Balaban J connectivity index is 1.09. The molecule has 13 heteroatoms. The van der Waals surface area contributed by atoms with Gasteiger partial charge < -0.3 is 34.3 Å². The van der Waals surface area contributed by atoms with Crippen molar-refractivity contribution in [1.29, 1.82) is 0 Å². The number of amides is 2. The van der Waals surface area contributed by atoms with Crippen LogP contribution in [0.5, 0.6) is 5.75 Å². The smallest absolute Gasteiger partial charge is 0.359 e. The van der Waals surface area contributed by atoms with Crippen LogP contribution in [-0.4, -0.2) is 54.4 Å². The van der Waals surface area contributed by atoms with Crippen molar-refractivity contribution in [2.24, 2.45) is 0 Å². The van der Waals surface area contributed by atoms with E-state index in [2.05, 4.69) is 10.6 Å². The van der Waals surface area contributed by atoms with E-state index >= 15 is 0 Å². The molecule has 0 aliphatic carbocycles. The Morgan fingerprint density at radius 3 is 1.39 bits per heavy atom. The van der Waals surface area contributed by atoms with Crippen LogP contribution in [0, 0.1) is 0 Å². The Kier molecular flexibility index (Phi) is 19.2. The molecule has 2 N–H and O–H groups in total. The largest absolute Gasteiger partial charge is 0.467 e. The zero-order valence-electron chi connectivity index (χ0n) is 38.0. The van der Waals surface area contributed by atoms with Crippen molar-refractivity contribution in [3.8, 4) is 5.75 Å². The van der Waals surface area contributed by atoms with E-state index in [0.717, 1.165) is 22.3 Å². The van der Waals surface area contributed by atoms with Crippen LogP contribution in [-0.2, 0) is 80.6 Å². The maximum absolute atomic E-state index is 13.3. The molecule has 352 valence electrons. The van der Waals surface area contributed by atoms with E-state index < -0.39 is 47.8 Å². The van der Waals surface area contributed by atoms with E-state index in [-0.39, 0.29) is 44.2 Å². The summed E-state index contributed by atoms with van der Waals surface area (Å²) in [6.07, 6.45) is 3.29. The van der Waals surface area contributed by atoms with Crippen LogP contribution in [0.1, 0.15) is 52.3 Å². The molecular weight excluding hydrogens is 877 g/mol. The quantitative estimate of drug-likeness (QED) is 0.0209. The molecule has 0 aliphatic heterocycles. The van der Waals surface area contributed by atoms with Gasteiger partial charge in [-0.2, -0.15) is 0 Å². The second-order valence-electron chi connectivity index (χ2n) is 15.6. The highest BCUT2D eigenvalue weighted by Crippen LogP contribution is 2.19. The van der Waals surface area contributed by atoms with Gasteiger partial charge in [-0.1, -0.05) is 165 Å². The van der Waals surface area contributed by atoms with E-state index in [1.54, 1.807) is 127 Å². The zero-order chi connectivity index (χ0) is 48.6. The summed E-state index contributed by atoms with van der Waals surface area (Å²) in [7, 11) is 0. The highest BCUT2D eigenvalue weighted by atomic mass is 16.6. The molecule has 0 unspecified atom stereocenters. The summed E-state index contributed by atoms with van der Waals surface area (Å²) >= 11 is 0. The minimum absolute atomic E-state index is 0.0390. The van der Waals surface area contributed by atoms with Gasteiger partial charge in [0.1, 0.15) is 43.8 Å². The Labute approximate surface area is 400 Å². The minimum Gasteiger partial charge on any atom is -0.467 e. The predicted octanol–water partition coefficient (Wildman–Crippen LogP) is 8.06. The zero-order valence-corrected chi connectivity index (χ0v) is 38.0. The number of ether oxygens (including phenoxy) is 5. The van der Waals surface area contributed by atoms with Crippen LogP contribution in [0.2, 0.25) is 0 Å². The van der Waals surface area contributed by atoms with E-state index in [1.165, 1.54) is 12.2 Å². The van der Waals surface area contributed by atoms with Gasteiger partial charge >= 0.3 is 23.9 Å². The fourth-order valence-electron chi connectivity index (χ4n) is 6.52. The van der Waals surface area contributed by atoms with Crippen molar-refractivity contribution >= 4 is 47.8 Å². The van der Waals surface area contributed by atoms with Gasteiger partial charge in [0.2, 0.25) is 11.8 Å². The number of hydrogen-bond acceptors (Lipinski definition) is 11. The van der Waals surface area contributed by atoms with Gasteiger partial charge in [0.25, 0.3) is 6.10 Å². The SMILES string of the molecule is CCCNC(=O)[C@H](Cc1ccc(OC(C(=O)OCc2ccccc2)C(=O)OCc2ccccc2)cc1)NC(=O)/C=C/c1ccc(C=C(C(=O)OCc2ccccc2)C(=O)OCc2ccccc2)cc1. The molecule has 6 aromatic rings. The third kappa shape index (κ3) is 16.7. The van der Waals surface area contributed by atoms with Crippen LogP contribution < -0.4 is 15.4 Å². The molecule has 69 heavy (non-hydrogen) atoms. The van der Waals surface area contributed by atoms with Gasteiger partial charge in [-0.15, -0.1) is 0 Å². The summed E-state index contributed by atoms with van der Waals surface area (Å²) in [6, 6.07) is 48.4. The molecule has 0 saturated carbocycles. The van der Waals surface area contributed by atoms with Crippen molar-refractivity contribution in [3.05, 3.63) is 220 Å². The second kappa shape index (κ2) is 26.5. The van der Waals surface area contributed by atoms with Gasteiger partial charge in [0.15, 0.2) is 0 Å². The van der Waals surface area contributed by atoms with Crippen molar-refractivity contribution in [2.75, 3.05) is 6.54 Å². The maximum atomic E-state index is 13.3. The number of esters is 4. The van der Waals surface area contributed by atoms with Crippen LogP contribution in [0.3, 0.4) is 0 Å². The van der Waals surface area contributed by atoms with E-state index in [0.29, 0.717) is 29.7 Å². The number of hydrogen-bond donors (Lipinski definition) is 2. The number of benzene rings is 6. The topological polar surface area (TPSA) is 173 Å². The first-order chi connectivity index (χ1) is 33.6. The molecule has 0 aromatic heterocycles. The van der Waals surface area contributed by atoms with Crippen LogP contribution >= 0.6 is 0 Å². The lowest BCUT2D eigenvalue weighted by atomic mass is 10.0. The fourth-order valence-corrected chi connectivity index (χ4v) is 6.52. The number of nitrogens with one attached hydrogen (secondary N) is 2. The van der Waals surface area contributed by atoms with Gasteiger partial charge in [0, 0.05) is 19.0 Å². The summed E-state index contributed by atoms with van der Waals surface area (Å²) in [6.45, 7) is 2.07. The van der Waals surface area contributed by atoms with Crippen molar-refractivity contribution in [2.45, 2.75) is 58.3 Å². The molecule has 0 saturated heterocycles. The molecule has 0 bridgehead atoms. The first-order valence-corrected chi connectivity index (χ1v) is 22.3. The Morgan fingerprint density at radius 1 is 0.507 bits per heavy atom. The van der Waals surface area contributed by atoms with E-state index in [1.807, 2.05) is 55.5 Å². The lowest BCUT2D eigenvalue weighted by molar-refractivity contribution is -0.168. The summed E-state index contributed by atoms with van der Waals surface area (Å²) < 4.78 is 27.7. The second-order valence-corrected chi connectivity index (χ2v) is 15.6. The fraction of sp³-hybridized carbons (Fsp3) is 0.179. The molecule has 2 amide bonds. The van der Waals surface area contributed by atoms with Gasteiger partial charge in [0.05, 0.1) is 0 Å². The van der Waals surface area contributed by atoms with Crippen molar-refractivity contribution in [1.82, 2.24) is 10.6 Å². The Bertz CT molecular complexity index is 2560. The summed E-state index contributed by atoms with van der Waals surface area (Å²) in [4.78, 5) is 79.5. The van der Waals surface area contributed by atoms with Crippen molar-refractivity contribution < 1.29 is 52.5 Å². The molecule has 0 spiro atoms. The van der Waals surface area contributed by atoms with E-state index in [4.69, 9.17) is 23.7 Å². The summed E-state index contributed by atoms with van der Waals surface area (Å²) in [5.41, 5.74) is 4.43. The summed E-state index contributed by atoms with van der Waals surface area (Å²) in [5, 5.41) is 5.62. The molecule has 0 fully saturated rings. The highest BCUT2D eigenvalue weighted by Gasteiger charge is 2.33. The molecule has 1 atom stereocenters.